The van der Waals surface area contributed by atoms with E-state index in [9.17, 15) is 4.79 Å². The van der Waals surface area contributed by atoms with Gasteiger partial charge in [0.15, 0.2) is 0 Å². The third kappa shape index (κ3) is 1.03. The number of rotatable bonds is 0. The Bertz CT molecular complexity index is 822. The van der Waals surface area contributed by atoms with Gasteiger partial charge in [-0.15, -0.1) is 5.10 Å². The fourth-order valence-corrected chi connectivity index (χ4v) is 2.12. The van der Waals surface area contributed by atoms with Crippen LogP contribution in [0.25, 0.3) is 17.0 Å². The van der Waals surface area contributed by atoms with Crippen LogP contribution in [0.1, 0.15) is 21.6 Å². The molecule has 1 aromatic carbocycles. The molecule has 0 spiro atoms. The maximum Gasteiger partial charge on any atom is 0.292 e. The molecule has 0 fully saturated rings. The molecule has 18 heavy (non-hydrogen) atoms. The summed E-state index contributed by atoms with van der Waals surface area (Å²) in [5, 5.41) is 15.1. The first kappa shape index (κ1) is 9.34. The smallest absolute Gasteiger partial charge is 0.287 e. The molecule has 2 aromatic heterocycles. The highest BCUT2D eigenvalue weighted by molar-refractivity contribution is 6.19. The summed E-state index contributed by atoms with van der Waals surface area (Å²) in [6, 6.07) is 5.61. The molecule has 1 aliphatic rings. The molecule has 0 aliphatic heterocycles. The molecule has 86 valence electrons. The lowest BCUT2D eigenvalue weighted by Crippen LogP contribution is -2.04. The third-order valence-corrected chi connectivity index (χ3v) is 2.96. The largest absolute Gasteiger partial charge is 0.292 e. The molecule has 1 aliphatic carbocycles. The third-order valence-electron chi connectivity index (χ3n) is 2.96. The summed E-state index contributed by atoms with van der Waals surface area (Å²) < 4.78 is 1.23. The summed E-state index contributed by atoms with van der Waals surface area (Å²) in [4.78, 5) is 16.3. The fraction of sp³-hybridized carbons (Fsp3) is 0.0909. The number of aromatic nitrogens is 6. The number of benzene rings is 1. The van der Waals surface area contributed by atoms with Crippen molar-refractivity contribution < 1.29 is 4.79 Å². The second kappa shape index (κ2) is 2.95. The van der Waals surface area contributed by atoms with Gasteiger partial charge in [0, 0.05) is 11.1 Å². The Balaban J connectivity index is 2.13. The average molecular weight is 238 g/mol. The van der Waals surface area contributed by atoms with E-state index < -0.39 is 0 Å². The Morgan fingerprint density at radius 1 is 1.17 bits per heavy atom. The van der Waals surface area contributed by atoms with Gasteiger partial charge in [-0.1, -0.05) is 27.4 Å². The molecular formula is C11H6N6O. The van der Waals surface area contributed by atoms with Crippen molar-refractivity contribution in [3.63, 3.8) is 0 Å². The van der Waals surface area contributed by atoms with E-state index in [1.807, 2.05) is 19.1 Å². The summed E-state index contributed by atoms with van der Waals surface area (Å²) >= 11 is 0. The number of fused-ring (bicyclic) bond motifs is 4. The van der Waals surface area contributed by atoms with Gasteiger partial charge in [-0.25, -0.2) is 4.98 Å². The van der Waals surface area contributed by atoms with Gasteiger partial charge in [-0.2, -0.15) is 0 Å². The number of nitrogens with zero attached hydrogens (tertiary/aromatic N) is 6. The highest BCUT2D eigenvalue weighted by atomic mass is 16.1. The van der Waals surface area contributed by atoms with E-state index in [4.69, 9.17) is 0 Å². The molecule has 3 aromatic rings. The monoisotopic (exact) mass is 238 g/mol. The molecule has 0 saturated heterocycles. The van der Waals surface area contributed by atoms with Crippen LogP contribution in [0.5, 0.6) is 0 Å². The summed E-state index contributed by atoms with van der Waals surface area (Å²) in [7, 11) is 0. The number of carbonyl (C=O) groups excluding carboxylic acids is 1. The summed E-state index contributed by atoms with van der Waals surface area (Å²) in [5.41, 5.74) is 3.33. The Kier molecular flexibility index (Phi) is 1.53. The van der Waals surface area contributed by atoms with Crippen molar-refractivity contribution in [2.24, 2.45) is 0 Å². The minimum atomic E-state index is -0.127. The van der Waals surface area contributed by atoms with Crippen molar-refractivity contribution in [3.8, 4) is 11.3 Å². The lowest BCUT2D eigenvalue weighted by atomic mass is 10.1. The van der Waals surface area contributed by atoms with Crippen LogP contribution < -0.4 is 0 Å². The average Bonchev–Trinajstić information content (AvgIpc) is 2.92. The molecule has 2 heterocycles. The maximum absolute atomic E-state index is 12.2. The first-order chi connectivity index (χ1) is 8.74. The number of carbonyl (C=O) groups is 1. The lowest BCUT2D eigenvalue weighted by molar-refractivity contribution is 0.103. The van der Waals surface area contributed by atoms with Crippen LogP contribution >= 0.6 is 0 Å². The first-order valence-electron chi connectivity index (χ1n) is 5.36. The van der Waals surface area contributed by atoms with Crippen molar-refractivity contribution in [2.75, 3.05) is 0 Å². The number of ketones is 1. The van der Waals surface area contributed by atoms with Crippen LogP contribution in [0.3, 0.4) is 0 Å². The topological polar surface area (TPSA) is 85.9 Å². The number of hydrogen-bond acceptors (Lipinski definition) is 6. The number of aryl methyl sites for hydroxylation is 1. The minimum absolute atomic E-state index is 0.127. The molecule has 7 nitrogen and oxygen atoms in total. The molecule has 0 unspecified atom stereocenters. The highest BCUT2D eigenvalue weighted by Gasteiger charge is 2.31. The van der Waals surface area contributed by atoms with E-state index in [2.05, 4.69) is 25.6 Å². The van der Waals surface area contributed by atoms with Gasteiger partial charge in [-0.05, 0) is 23.4 Å². The predicted molar refractivity (Wildman–Crippen MR) is 60.0 cm³/mol. The maximum atomic E-state index is 12.2. The van der Waals surface area contributed by atoms with Crippen LogP contribution in [0, 0.1) is 6.92 Å². The van der Waals surface area contributed by atoms with Crippen LogP contribution in [-0.2, 0) is 0 Å². The lowest BCUT2D eigenvalue weighted by Gasteiger charge is -1.99. The van der Waals surface area contributed by atoms with Gasteiger partial charge >= 0.3 is 0 Å². The highest BCUT2D eigenvalue weighted by Crippen LogP contribution is 2.34. The van der Waals surface area contributed by atoms with Crippen LogP contribution in [0.2, 0.25) is 0 Å². The standard InChI is InChI=1S/C11H6N6O/c1-5-2-3-6-7(4-5)8-9(10(6)18)12-11-13-15-16-17(11)14-8/h2-4H,1H3. The number of tetrazole rings is 1. The molecule has 0 amide bonds. The molecular weight excluding hydrogens is 232 g/mol. The first-order valence-corrected chi connectivity index (χ1v) is 5.36. The molecule has 7 heteroatoms. The zero-order chi connectivity index (χ0) is 12.3. The van der Waals surface area contributed by atoms with Gasteiger partial charge < -0.3 is 0 Å². The van der Waals surface area contributed by atoms with Gasteiger partial charge in [-0.3, -0.25) is 4.79 Å². The molecule has 0 N–H and O–H groups in total. The van der Waals surface area contributed by atoms with Crippen molar-refractivity contribution in [1.82, 2.24) is 30.2 Å². The normalized spacial score (nSPS) is 12.8. The summed E-state index contributed by atoms with van der Waals surface area (Å²) in [5.74, 6) is 0.102. The second-order valence-corrected chi connectivity index (χ2v) is 4.16. The molecule has 0 bridgehead atoms. The van der Waals surface area contributed by atoms with Crippen molar-refractivity contribution in [1.29, 1.82) is 0 Å². The zero-order valence-electron chi connectivity index (χ0n) is 9.32. The van der Waals surface area contributed by atoms with Gasteiger partial charge in [0.2, 0.25) is 5.78 Å². The molecule has 0 saturated carbocycles. The van der Waals surface area contributed by atoms with E-state index in [0.717, 1.165) is 11.1 Å². The Morgan fingerprint density at radius 2 is 2.06 bits per heavy atom. The van der Waals surface area contributed by atoms with Crippen LogP contribution in [0.15, 0.2) is 18.2 Å². The van der Waals surface area contributed by atoms with E-state index in [1.165, 1.54) is 4.63 Å². The van der Waals surface area contributed by atoms with Gasteiger partial charge in [0.1, 0.15) is 11.4 Å². The number of hydrogen-bond donors (Lipinski definition) is 0. The zero-order valence-corrected chi connectivity index (χ0v) is 9.32. The van der Waals surface area contributed by atoms with Crippen molar-refractivity contribution in [3.05, 3.63) is 35.0 Å². The Labute approximate surface area is 100 Å². The Hall–Kier alpha value is -2.70. The van der Waals surface area contributed by atoms with Crippen LogP contribution in [0.4, 0.5) is 0 Å². The minimum Gasteiger partial charge on any atom is -0.287 e. The molecule has 0 radical (unpaired) electrons. The van der Waals surface area contributed by atoms with Crippen molar-refractivity contribution >= 4 is 11.6 Å². The van der Waals surface area contributed by atoms with E-state index >= 15 is 0 Å². The predicted octanol–water partition coefficient (Wildman–Crippen LogP) is 0.434. The van der Waals surface area contributed by atoms with Gasteiger partial charge in [0.05, 0.1) is 0 Å². The molecule has 0 atom stereocenters. The SMILES string of the molecule is Cc1ccc2c(c1)-c1nn3nnnc3nc1C2=O. The Morgan fingerprint density at radius 3 is 2.94 bits per heavy atom. The molecule has 4 rings (SSSR count). The van der Waals surface area contributed by atoms with E-state index in [0.29, 0.717) is 17.0 Å². The van der Waals surface area contributed by atoms with Crippen LogP contribution in [-0.4, -0.2) is 36.0 Å². The summed E-state index contributed by atoms with van der Waals surface area (Å²) in [6.07, 6.45) is 0. The van der Waals surface area contributed by atoms with Crippen molar-refractivity contribution in [2.45, 2.75) is 6.92 Å². The second-order valence-electron chi connectivity index (χ2n) is 4.16. The fourth-order valence-electron chi connectivity index (χ4n) is 2.12. The quantitative estimate of drug-likeness (QED) is 0.441. The van der Waals surface area contributed by atoms with E-state index in [1.54, 1.807) is 6.07 Å². The van der Waals surface area contributed by atoms with Gasteiger partial charge in [0.25, 0.3) is 5.78 Å². The van der Waals surface area contributed by atoms with E-state index in [-0.39, 0.29) is 11.6 Å². The summed E-state index contributed by atoms with van der Waals surface area (Å²) in [6.45, 7) is 1.96.